The van der Waals surface area contributed by atoms with E-state index in [9.17, 15) is 0 Å². The number of hydrogen-bond donors (Lipinski definition) is 1. The molecule has 6 heteroatoms. The molecule has 96 valence electrons. The van der Waals surface area contributed by atoms with Crippen molar-refractivity contribution in [3.05, 3.63) is 18.2 Å². The van der Waals surface area contributed by atoms with Crippen LogP contribution in [0.25, 0.3) is 11.0 Å². The Morgan fingerprint density at radius 1 is 1.56 bits per heavy atom. The molecule has 0 aliphatic heterocycles. The number of hydrogen-bond acceptors (Lipinski definition) is 3. The van der Waals surface area contributed by atoms with Crippen LogP contribution in [0.1, 0.15) is 6.42 Å². The predicted molar refractivity (Wildman–Crippen MR) is 75.9 cm³/mol. The molecule has 0 radical (unpaired) electrons. The fraction of sp³-hybridized carbons (Fsp3) is 0.417. The van der Waals surface area contributed by atoms with Crippen LogP contribution in [0, 0.1) is 5.92 Å². The second-order valence-electron chi connectivity index (χ2n) is 4.40. The van der Waals surface area contributed by atoms with Gasteiger partial charge in [-0.05, 0) is 18.6 Å². The van der Waals surface area contributed by atoms with E-state index < -0.39 is 4.33 Å². The summed E-state index contributed by atoms with van der Waals surface area (Å²) >= 11 is 13.6. The van der Waals surface area contributed by atoms with Gasteiger partial charge in [-0.2, -0.15) is 0 Å². The molecule has 1 N–H and O–H groups in total. The third-order valence-corrected chi connectivity index (χ3v) is 5.01. The van der Waals surface area contributed by atoms with Gasteiger partial charge in [0.2, 0.25) is 0 Å². The van der Waals surface area contributed by atoms with Gasteiger partial charge in [-0.15, -0.1) is 23.2 Å². The van der Waals surface area contributed by atoms with Gasteiger partial charge in [-0.25, -0.2) is 4.98 Å². The second-order valence-corrected chi connectivity index (χ2v) is 6.95. The molecule has 1 heterocycles. The Kier molecular flexibility index (Phi) is 3.12. The van der Waals surface area contributed by atoms with E-state index in [0.717, 1.165) is 34.1 Å². The zero-order valence-electron chi connectivity index (χ0n) is 9.74. The molecule has 18 heavy (non-hydrogen) atoms. The van der Waals surface area contributed by atoms with Crippen molar-refractivity contribution in [1.29, 1.82) is 0 Å². The summed E-state index contributed by atoms with van der Waals surface area (Å²) in [5.41, 5.74) is 1.92. The van der Waals surface area contributed by atoms with Crippen LogP contribution in [-0.2, 0) is 0 Å². The van der Waals surface area contributed by atoms with Crippen molar-refractivity contribution in [3.63, 3.8) is 0 Å². The number of thioether (sulfide) groups is 1. The Hall–Kier alpha value is -0.580. The van der Waals surface area contributed by atoms with E-state index in [1.807, 2.05) is 18.2 Å². The number of halogens is 2. The molecule has 3 nitrogen and oxygen atoms in total. The number of imidazole rings is 1. The van der Waals surface area contributed by atoms with Crippen LogP contribution in [0.4, 0.5) is 0 Å². The summed E-state index contributed by atoms with van der Waals surface area (Å²) in [6.07, 6.45) is 0.872. The summed E-state index contributed by atoms with van der Waals surface area (Å²) in [5, 5.41) is 0.897. The molecule has 0 amide bonds. The quantitative estimate of drug-likeness (QED) is 0.688. The average molecular weight is 303 g/mol. The minimum atomic E-state index is -0.512. The van der Waals surface area contributed by atoms with Gasteiger partial charge < -0.3 is 9.72 Å². The Labute approximate surface area is 119 Å². The molecule has 1 fully saturated rings. The van der Waals surface area contributed by atoms with Crippen molar-refractivity contribution in [2.45, 2.75) is 15.9 Å². The summed E-state index contributed by atoms with van der Waals surface area (Å²) in [6, 6.07) is 5.79. The fourth-order valence-corrected chi connectivity index (χ4v) is 3.61. The van der Waals surface area contributed by atoms with Crippen molar-refractivity contribution in [1.82, 2.24) is 9.97 Å². The number of alkyl halides is 2. The lowest BCUT2D eigenvalue weighted by Gasteiger charge is -1.97. The zero-order valence-corrected chi connectivity index (χ0v) is 12.1. The van der Waals surface area contributed by atoms with Crippen molar-refractivity contribution in [2.24, 2.45) is 5.92 Å². The Bertz CT molecular complexity index is 584. The number of aromatic nitrogens is 2. The number of ether oxygens (including phenoxy) is 1. The fourth-order valence-electron chi connectivity index (χ4n) is 1.79. The van der Waals surface area contributed by atoms with E-state index in [1.54, 1.807) is 18.9 Å². The largest absolute Gasteiger partial charge is 0.497 e. The van der Waals surface area contributed by atoms with E-state index in [0.29, 0.717) is 5.92 Å². The smallest absolute Gasteiger partial charge is 0.166 e. The molecule has 0 bridgehead atoms. The minimum Gasteiger partial charge on any atom is -0.497 e. The number of nitrogens with zero attached hydrogens (tertiary/aromatic N) is 1. The normalized spacial score (nSPS) is 21.2. The third-order valence-electron chi connectivity index (χ3n) is 3.04. The summed E-state index contributed by atoms with van der Waals surface area (Å²) in [6.45, 7) is 0. The molecular weight excluding hydrogens is 291 g/mol. The first-order chi connectivity index (χ1) is 8.58. The number of methoxy groups -OCH3 is 1. The topological polar surface area (TPSA) is 37.9 Å². The van der Waals surface area contributed by atoms with Crippen LogP contribution in [0.2, 0.25) is 0 Å². The lowest BCUT2D eigenvalue weighted by atomic mass is 10.3. The lowest BCUT2D eigenvalue weighted by molar-refractivity contribution is 0.415. The van der Waals surface area contributed by atoms with Crippen LogP contribution in [0.5, 0.6) is 5.75 Å². The third kappa shape index (κ3) is 2.42. The molecule has 0 saturated heterocycles. The van der Waals surface area contributed by atoms with Gasteiger partial charge in [0.25, 0.3) is 0 Å². The number of rotatable bonds is 4. The highest BCUT2D eigenvalue weighted by Crippen LogP contribution is 2.54. The van der Waals surface area contributed by atoms with Crippen LogP contribution in [0.3, 0.4) is 0 Å². The molecule has 3 rings (SSSR count). The van der Waals surface area contributed by atoms with E-state index in [4.69, 9.17) is 27.9 Å². The Morgan fingerprint density at radius 2 is 2.33 bits per heavy atom. The maximum Gasteiger partial charge on any atom is 0.166 e. The number of H-pyrrole nitrogens is 1. The first kappa shape index (κ1) is 12.5. The maximum absolute atomic E-state index is 6.00. The van der Waals surface area contributed by atoms with Gasteiger partial charge in [0, 0.05) is 17.7 Å². The van der Waals surface area contributed by atoms with Gasteiger partial charge in [0.1, 0.15) is 10.1 Å². The Morgan fingerprint density at radius 3 is 3.00 bits per heavy atom. The van der Waals surface area contributed by atoms with Gasteiger partial charge in [0.15, 0.2) is 5.16 Å². The lowest BCUT2D eigenvalue weighted by Crippen LogP contribution is -1.93. The van der Waals surface area contributed by atoms with E-state index in [2.05, 4.69) is 9.97 Å². The molecule has 1 aromatic carbocycles. The van der Waals surface area contributed by atoms with Crippen LogP contribution < -0.4 is 4.74 Å². The van der Waals surface area contributed by atoms with E-state index in [1.165, 1.54) is 0 Å². The molecular formula is C12H12Cl2N2OS. The maximum atomic E-state index is 6.00. The molecule has 1 aromatic heterocycles. The first-order valence-electron chi connectivity index (χ1n) is 5.63. The van der Waals surface area contributed by atoms with Crippen molar-refractivity contribution < 1.29 is 4.74 Å². The number of fused-ring (bicyclic) bond motifs is 1. The highest BCUT2D eigenvalue weighted by molar-refractivity contribution is 7.99. The number of benzene rings is 1. The SMILES string of the molecule is COc1ccc2nc(SCC3CC3(Cl)Cl)[nH]c2c1. The van der Waals surface area contributed by atoms with Gasteiger partial charge >= 0.3 is 0 Å². The van der Waals surface area contributed by atoms with Crippen molar-refractivity contribution in [2.75, 3.05) is 12.9 Å². The Balaban J connectivity index is 1.73. The van der Waals surface area contributed by atoms with Gasteiger partial charge in [-0.1, -0.05) is 11.8 Å². The van der Waals surface area contributed by atoms with Crippen LogP contribution in [0.15, 0.2) is 23.4 Å². The van der Waals surface area contributed by atoms with Gasteiger partial charge in [-0.3, -0.25) is 0 Å². The molecule has 1 saturated carbocycles. The standard InChI is InChI=1S/C12H12Cl2N2OS/c1-17-8-2-3-9-10(4-8)16-11(15-9)18-6-7-5-12(7,13)14/h2-4,7H,5-6H2,1H3,(H,15,16). The van der Waals surface area contributed by atoms with Crippen molar-refractivity contribution >= 4 is 46.0 Å². The zero-order chi connectivity index (χ0) is 12.8. The van der Waals surface area contributed by atoms with Gasteiger partial charge in [0.05, 0.1) is 18.1 Å². The van der Waals surface area contributed by atoms with E-state index >= 15 is 0 Å². The molecule has 2 aromatic rings. The molecule has 1 aliphatic carbocycles. The molecule has 1 atom stereocenters. The monoisotopic (exact) mass is 302 g/mol. The highest BCUT2D eigenvalue weighted by atomic mass is 35.5. The predicted octanol–water partition coefficient (Wildman–Crippen LogP) is 3.86. The second kappa shape index (κ2) is 4.51. The summed E-state index contributed by atoms with van der Waals surface area (Å²) in [7, 11) is 1.65. The molecule has 1 unspecified atom stereocenters. The first-order valence-corrected chi connectivity index (χ1v) is 7.37. The van der Waals surface area contributed by atoms with Crippen LogP contribution >= 0.6 is 35.0 Å². The average Bonchev–Trinajstić information content (AvgIpc) is 2.79. The minimum absolute atomic E-state index is 0.369. The highest BCUT2D eigenvalue weighted by Gasteiger charge is 2.51. The van der Waals surface area contributed by atoms with Crippen molar-refractivity contribution in [3.8, 4) is 5.75 Å². The summed E-state index contributed by atoms with van der Waals surface area (Å²) in [4.78, 5) is 7.77. The van der Waals surface area contributed by atoms with Crippen LogP contribution in [-0.4, -0.2) is 27.2 Å². The van der Waals surface area contributed by atoms with E-state index in [-0.39, 0.29) is 0 Å². The molecule has 1 aliphatic rings. The summed E-state index contributed by atoms with van der Waals surface area (Å²) < 4.78 is 4.67. The number of nitrogens with one attached hydrogen (secondary N) is 1. The molecule has 0 spiro atoms. The number of aromatic amines is 1. The summed E-state index contributed by atoms with van der Waals surface area (Å²) in [5.74, 6) is 2.09.